The average Bonchev–Trinajstić information content (AvgIpc) is 3.44. The molecular formula is C29H22IN3O6. The Labute approximate surface area is 236 Å². The highest BCUT2D eigenvalue weighted by Crippen LogP contribution is 2.37. The molecule has 3 aromatic carbocycles. The number of carboxylic acid groups (broad SMARTS) is 1. The van der Waals surface area contributed by atoms with Crippen LogP contribution in [0.3, 0.4) is 0 Å². The summed E-state index contributed by atoms with van der Waals surface area (Å²) in [7, 11) is 1.80. The largest absolute Gasteiger partial charge is 0.507 e. The van der Waals surface area contributed by atoms with Gasteiger partial charge in [-0.1, -0.05) is 24.3 Å². The van der Waals surface area contributed by atoms with Crippen LogP contribution in [0, 0.1) is 10.5 Å². The van der Waals surface area contributed by atoms with Crippen molar-refractivity contribution < 1.29 is 29.0 Å². The smallest absolute Gasteiger partial charge is 0.339 e. The van der Waals surface area contributed by atoms with Crippen molar-refractivity contribution in [1.82, 2.24) is 4.57 Å². The zero-order chi connectivity index (χ0) is 27.8. The summed E-state index contributed by atoms with van der Waals surface area (Å²) in [6.45, 7) is 1.84. The molecule has 0 aliphatic heterocycles. The van der Waals surface area contributed by atoms with Crippen molar-refractivity contribution >= 4 is 62.7 Å². The lowest BCUT2D eigenvalue weighted by atomic mass is 10.1. The highest BCUT2D eigenvalue weighted by atomic mass is 127. The zero-order valence-corrected chi connectivity index (χ0v) is 22.9. The molecule has 0 unspecified atom stereocenters. The first-order valence-electron chi connectivity index (χ1n) is 11.8. The number of aromatic carboxylic acids is 1. The summed E-state index contributed by atoms with van der Waals surface area (Å²) in [5.74, 6) is -1.79. The van der Waals surface area contributed by atoms with Crippen LogP contribution in [0.1, 0.15) is 16.1 Å². The van der Waals surface area contributed by atoms with Gasteiger partial charge in [0.05, 0.1) is 11.2 Å². The first-order chi connectivity index (χ1) is 18.6. The van der Waals surface area contributed by atoms with E-state index in [2.05, 4.69) is 33.2 Å². The molecule has 0 aliphatic carbocycles. The number of aromatic hydroxyl groups is 1. The van der Waals surface area contributed by atoms with Crippen LogP contribution in [0.4, 0.5) is 11.4 Å². The molecule has 0 bridgehead atoms. The number of amides is 2. The topological polar surface area (TPSA) is 134 Å². The molecule has 10 heteroatoms. The van der Waals surface area contributed by atoms with Gasteiger partial charge in [-0.15, -0.1) is 0 Å². The number of benzene rings is 3. The summed E-state index contributed by atoms with van der Waals surface area (Å²) in [6, 6.07) is 20.5. The molecule has 0 saturated carbocycles. The molecular weight excluding hydrogens is 613 g/mol. The van der Waals surface area contributed by atoms with Crippen molar-refractivity contribution in [3.8, 4) is 28.3 Å². The number of rotatable bonds is 5. The first-order valence-corrected chi connectivity index (χ1v) is 12.8. The Balaban J connectivity index is 1.37. The Kier molecular flexibility index (Phi) is 6.87. The summed E-state index contributed by atoms with van der Waals surface area (Å²) in [5.41, 5.74) is 3.58. The van der Waals surface area contributed by atoms with Crippen LogP contribution in [0.5, 0.6) is 5.75 Å². The number of halogens is 1. The molecule has 0 spiro atoms. The average molecular weight is 635 g/mol. The van der Waals surface area contributed by atoms with E-state index in [9.17, 15) is 24.6 Å². The van der Waals surface area contributed by atoms with E-state index >= 15 is 0 Å². The van der Waals surface area contributed by atoms with Crippen LogP contribution < -0.4 is 10.6 Å². The van der Waals surface area contributed by atoms with E-state index in [1.165, 1.54) is 12.1 Å². The number of carbonyl (C=O) groups is 3. The van der Waals surface area contributed by atoms with Crippen molar-refractivity contribution in [3.63, 3.8) is 0 Å². The maximum atomic E-state index is 12.7. The van der Waals surface area contributed by atoms with Gasteiger partial charge < -0.3 is 29.8 Å². The standard InChI is InChI=1S/C29H22IN3O6/c1-15-9-10-24(39-15)16-5-3-7-18(11-16)31-27(35)28(36)32-19-8-4-6-17(12-19)26-25(30)20-13-21(29(37)38)23(34)14-22(20)33(26)2/h3-14,34H,1-2H3,(H,31,35)(H,32,36)(H,37,38). The lowest BCUT2D eigenvalue weighted by Gasteiger charge is -2.10. The van der Waals surface area contributed by atoms with Crippen molar-refractivity contribution in [2.45, 2.75) is 6.92 Å². The van der Waals surface area contributed by atoms with E-state index in [1.54, 1.807) is 43.4 Å². The SMILES string of the molecule is Cc1ccc(-c2cccc(NC(=O)C(=O)Nc3cccc(-c4c(I)c5cc(C(=O)O)c(O)cc5n4C)c3)c2)o1. The first kappa shape index (κ1) is 26.0. The third-order valence-corrected chi connectivity index (χ3v) is 7.32. The minimum absolute atomic E-state index is 0.186. The van der Waals surface area contributed by atoms with Gasteiger partial charge in [0, 0.05) is 44.6 Å². The van der Waals surface area contributed by atoms with Crippen molar-refractivity contribution in [2.24, 2.45) is 7.05 Å². The summed E-state index contributed by atoms with van der Waals surface area (Å²) in [6.07, 6.45) is 0. The minimum Gasteiger partial charge on any atom is -0.507 e. The molecule has 0 saturated heterocycles. The zero-order valence-electron chi connectivity index (χ0n) is 20.8. The lowest BCUT2D eigenvalue weighted by Crippen LogP contribution is -2.29. The molecule has 2 aromatic heterocycles. The van der Waals surface area contributed by atoms with E-state index in [0.717, 1.165) is 26.2 Å². The predicted octanol–water partition coefficient (Wildman–Crippen LogP) is 6.00. The number of nitrogens with one attached hydrogen (secondary N) is 2. The maximum Gasteiger partial charge on any atom is 0.339 e. The molecule has 2 amide bonds. The summed E-state index contributed by atoms with van der Waals surface area (Å²) >= 11 is 2.13. The monoisotopic (exact) mass is 635 g/mol. The number of hydrogen-bond acceptors (Lipinski definition) is 5. The number of fused-ring (bicyclic) bond motifs is 1. The van der Waals surface area contributed by atoms with E-state index in [4.69, 9.17) is 4.42 Å². The second-order valence-corrected chi connectivity index (χ2v) is 9.97. The van der Waals surface area contributed by atoms with Crippen LogP contribution in [-0.4, -0.2) is 32.6 Å². The number of phenols is 1. The Morgan fingerprint density at radius 3 is 2.08 bits per heavy atom. The van der Waals surface area contributed by atoms with E-state index in [1.807, 2.05) is 35.8 Å². The molecule has 4 N–H and O–H groups in total. The fraction of sp³-hybridized carbons (Fsp3) is 0.0690. The molecule has 9 nitrogen and oxygen atoms in total. The number of hydrogen-bond donors (Lipinski definition) is 4. The maximum absolute atomic E-state index is 12.7. The van der Waals surface area contributed by atoms with Crippen molar-refractivity contribution in [3.05, 3.63) is 87.7 Å². The fourth-order valence-electron chi connectivity index (χ4n) is 4.38. The van der Waals surface area contributed by atoms with Crippen LogP contribution in [0.15, 0.2) is 77.2 Å². The molecule has 5 aromatic rings. The quantitative estimate of drug-likeness (QED) is 0.138. The second kappa shape index (κ2) is 10.3. The second-order valence-electron chi connectivity index (χ2n) is 8.89. The summed E-state index contributed by atoms with van der Waals surface area (Å²) in [5, 5.41) is 25.5. The van der Waals surface area contributed by atoms with Gasteiger partial charge in [0.25, 0.3) is 0 Å². The number of furan rings is 1. The van der Waals surface area contributed by atoms with Gasteiger partial charge in [0.2, 0.25) is 0 Å². The number of aryl methyl sites for hydroxylation is 2. The summed E-state index contributed by atoms with van der Waals surface area (Å²) in [4.78, 5) is 36.8. The molecule has 196 valence electrons. The molecule has 0 atom stereocenters. The van der Waals surface area contributed by atoms with E-state index < -0.39 is 17.8 Å². The highest BCUT2D eigenvalue weighted by molar-refractivity contribution is 14.1. The van der Waals surface area contributed by atoms with Gasteiger partial charge >= 0.3 is 17.8 Å². The summed E-state index contributed by atoms with van der Waals surface area (Å²) < 4.78 is 8.24. The molecule has 39 heavy (non-hydrogen) atoms. The Morgan fingerprint density at radius 2 is 1.49 bits per heavy atom. The van der Waals surface area contributed by atoms with Crippen molar-refractivity contribution in [1.29, 1.82) is 0 Å². The Hall–Kier alpha value is -4.58. The van der Waals surface area contributed by atoms with Gasteiger partial charge in [0.15, 0.2) is 0 Å². The van der Waals surface area contributed by atoms with Crippen LogP contribution in [-0.2, 0) is 16.6 Å². The van der Waals surface area contributed by atoms with Gasteiger partial charge in [-0.05, 0) is 72.0 Å². The van der Waals surface area contributed by atoms with Gasteiger partial charge in [-0.2, -0.15) is 0 Å². The minimum atomic E-state index is -1.22. The number of carboxylic acids is 1. The number of anilines is 2. The third-order valence-electron chi connectivity index (χ3n) is 6.23. The van der Waals surface area contributed by atoms with Crippen LogP contribution in [0.2, 0.25) is 0 Å². The van der Waals surface area contributed by atoms with Crippen LogP contribution >= 0.6 is 22.6 Å². The van der Waals surface area contributed by atoms with Gasteiger partial charge in [-0.3, -0.25) is 9.59 Å². The van der Waals surface area contributed by atoms with Gasteiger partial charge in [0.1, 0.15) is 22.8 Å². The predicted molar refractivity (Wildman–Crippen MR) is 156 cm³/mol. The van der Waals surface area contributed by atoms with E-state index in [-0.39, 0.29) is 11.3 Å². The van der Waals surface area contributed by atoms with Crippen LogP contribution in [0.25, 0.3) is 33.5 Å². The number of nitrogens with zero attached hydrogens (tertiary/aromatic N) is 1. The molecule has 5 rings (SSSR count). The lowest BCUT2D eigenvalue weighted by molar-refractivity contribution is -0.132. The highest BCUT2D eigenvalue weighted by Gasteiger charge is 2.20. The third kappa shape index (κ3) is 5.10. The molecule has 0 aliphatic rings. The molecule has 0 radical (unpaired) electrons. The number of carbonyl (C=O) groups excluding carboxylic acids is 2. The normalized spacial score (nSPS) is 10.9. The van der Waals surface area contributed by atoms with E-state index in [0.29, 0.717) is 28.0 Å². The Morgan fingerprint density at radius 1 is 0.872 bits per heavy atom. The number of aromatic nitrogens is 1. The van der Waals surface area contributed by atoms with Gasteiger partial charge in [-0.25, -0.2) is 4.79 Å². The molecule has 0 fully saturated rings. The molecule has 2 heterocycles. The van der Waals surface area contributed by atoms with Crippen molar-refractivity contribution in [2.75, 3.05) is 10.6 Å². The fourth-order valence-corrected chi connectivity index (χ4v) is 5.48. The Bertz CT molecular complexity index is 1790.